The third-order valence-electron chi connectivity index (χ3n) is 5.23. The van der Waals surface area contributed by atoms with Gasteiger partial charge >= 0.3 is 6.29 Å². The monoisotopic (exact) mass is 387 g/mol. The third-order valence-corrected chi connectivity index (χ3v) is 5.23. The number of anilines is 1. The average Bonchev–Trinajstić information content (AvgIpc) is 2.99. The molecule has 0 atom stereocenters. The molecular weight excluding hydrogens is 368 g/mol. The fraction of sp³-hybridized carbons (Fsp3) is 0.350. The van der Waals surface area contributed by atoms with Gasteiger partial charge in [-0.15, -0.1) is 8.78 Å². The van der Waals surface area contributed by atoms with Crippen LogP contribution in [0, 0.1) is 0 Å². The van der Waals surface area contributed by atoms with E-state index in [0.717, 1.165) is 24.2 Å². The lowest BCUT2D eigenvalue weighted by molar-refractivity contribution is -0.286. The lowest BCUT2D eigenvalue weighted by atomic mass is 9.86. The first kappa shape index (κ1) is 17.2. The van der Waals surface area contributed by atoms with Crippen LogP contribution in [0.5, 0.6) is 11.5 Å². The molecule has 3 aliphatic heterocycles. The van der Waals surface area contributed by atoms with Crippen molar-refractivity contribution >= 4 is 17.2 Å². The molecule has 0 radical (unpaired) electrons. The fourth-order valence-electron chi connectivity index (χ4n) is 3.79. The number of nitrogens with one attached hydrogen (secondary N) is 2. The van der Waals surface area contributed by atoms with Crippen molar-refractivity contribution in [2.24, 2.45) is 4.99 Å². The SMILES string of the molecule is FC1(F)Oc2cc3c(cc2O1)NC1(CCOCC1)C(NCc1ccccc1)=N3. The Kier molecular flexibility index (Phi) is 3.90. The Labute approximate surface area is 160 Å². The highest BCUT2D eigenvalue weighted by Crippen LogP contribution is 2.48. The number of rotatable bonds is 2. The quantitative estimate of drug-likeness (QED) is 0.821. The Morgan fingerprint density at radius 1 is 1.04 bits per heavy atom. The zero-order valence-electron chi connectivity index (χ0n) is 15.0. The lowest BCUT2D eigenvalue weighted by Crippen LogP contribution is -2.56. The van der Waals surface area contributed by atoms with Crippen LogP contribution in [-0.4, -0.2) is 30.9 Å². The summed E-state index contributed by atoms with van der Waals surface area (Å²) in [5.74, 6) is 0.770. The molecule has 2 aromatic carbocycles. The Balaban J connectivity index is 1.49. The summed E-state index contributed by atoms with van der Waals surface area (Å²) in [5, 5.41) is 6.94. The Hall–Kier alpha value is -2.87. The number of hydrogen-bond donors (Lipinski definition) is 2. The van der Waals surface area contributed by atoms with Gasteiger partial charge in [-0.25, -0.2) is 4.99 Å². The van der Waals surface area contributed by atoms with Crippen molar-refractivity contribution in [3.05, 3.63) is 48.0 Å². The number of aliphatic imine (C=N–C) groups is 1. The van der Waals surface area contributed by atoms with Gasteiger partial charge in [0.05, 0.1) is 16.9 Å². The predicted molar refractivity (Wildman–Crippen MR) is 99.4 cm³/mol. The maximum Gasteiger partial charge on any atom is 0.586 e. The molecule has 146 valence electrons. The highest BCUT2D eigenvalue weighted by Gasteiger charge is 2.46. The van der Waals surface area contributed by atoms with Gasteiger partial charge in [0.25, 0.3) is 0 Å². The molecule has 2 aromatic rings. The summed E-state index contributed by atoms with van der Waals surface area (Å²) >= 11 is 0. The van der Waals surface area contributed by atoms with Gasteiger partial charge in [-0.05, 0) is 5.56 Å². The summed E-state index contributed by atoms with van der Waals surface area (Å²) < 4.78 is 41.5. The molecule has 1 spiro atoms. The van der Waals surface area contributed by atoms with E-state index >= 15 is 0 Å². The van der Waals surface area contributed by atoms with Crippen molar-refractivity contribution in [2.75, 3.05) is 18.5 Å². The first-order valence-corrected chi connectivity index (χ1v) is 9.20. The summed E-state index contributed by atoms with van der Waals surface area (Å²) in [6, 6.07) is 13.0. The summed E-state index contributed by atoms with van der Waals surface area (Å²) in [5.41, 5.74) is 1.87. The van der Waals surface area contributed by atoms with Crippen molar-refractivity contribution in [1.29, 1.82) is 0 Å². The molecule has 2 N–H and O–H groups in total. The van der Waals surface area contributed by atoms with E-state index in [1.807, 2.05) is 30.3 Å². The van der Waals surface area contributed by atoms with E-state index in [2.05, 4.69) is 20.1 Å². The van der Waals surface area contributed by atoms with Gasteiger partial charge < -0.3 is 24.8 Å². The molecule has 0 bridgehead atoms. The number of nitrogens with zero attached hydrogens (tertiary/aromatic N) is 1. The van der Waals surface area contributed by atoms with Crippen molar-refractivity contribution in [3.63, 3.8) is 0 Å². The number of ether oxygens (including phenoxy) is 3. The summed E-state index contributed by atoms with van der Waals surface area (Å²) in [6.07, 6.45) is -2.21. The number of halogens is 2. The topological polar surface area (TPSA) is 64.1 Å². The van der Waals surface area contributed by atoms with Crippen LogP contribution < -0.4 is 20.1 Å². The minimum atomic E-state index is -3.65. The van der Waals surface area contributed by atoms with Gasteiger partial charge in [0.2, 0.25) is 0 Å². The molecule has 28 heavy (non-hydrogen) atoms. The van der Waals surface area contributed by atoms with E-state index in [0.29, 0.717) is 31.1 Å². The van der Waals surface area contributed by atoms with Crippen LogP contribution in [0.15, 0.2) is 47.5 Å². The van der Waals surface area contributed by atoms with Gasteiger partial charge in [0, 0.05) is 44.7 Å². The van der Waals surface area contributed by atoms with Crippen LogP contribution in [-0.2, 0) is 11.3 Å². The molecule has 0 aromatic heterocycles. The summed E-state index contributed by atoms with van der Waals surface area (Å²) in [4.78, 5) is 4.77. The first-order valence-electron chi connectivity index (χ1n) is 9.20. The predicted octanol–water partition coefficient (Wildman–Crippen LogP) is 3.80. The van der Waals surface area contributed by atoms with Crippen molar-refractivity contribution in [3.8, 4) is 11.5 Å². The fourth-order valence-corrected chi connectivity index (χ4v) is 3.79. The zero-order chi connectivity index (χ0) is 19.2. The molecule has 8 heteroatoms. The van der Waals surface area contributed by atoms with Crippen LogP contribution in [0.3, 0.4) is 0 Å². The van der Waals surface area contributed by atoms with E-state index in [-0.39, 0.29) is 11.5 Å². The lowest BCUT2D eigenvalue weighted by Gasteiger charge is -2.42. The van der Waals surface area contributed by atoms with Crippen LogP contribution in [0.4, 0.5) is 20.2 Å². The van der Waals surface area contributed by atoms with Crippen LogP contribution in [0.1, 0.15) is 18.4 Å². The maximum absolute atomic E-state index is 13.4. The van der Waals surface area contributed by atoms with E-state index in [9.17, 15) is 8.78 Å². The smallest absolute Gasteiger partial charge is 0.395 e. The molecule has 5 rings (SSSR count). The largest absolute Gasteiger partial charge is 0.586 e. The normalized spacial score (nSPS) is 20.9. The van der Waals surface area contributed by atoms with E-state index in [1.54, 1.807) is 0 Å². The van der Waals surface area contributed by atoms with Gasteiger partial charge in [-0.2, -0.15) is 0 Å². The summed E-state index contributed by atoms with van der Waals surface area (Å²) in [6.45, 7) is 1.80. The van der Waals surface area contributed by atoms with Gasteiger partial charge in [-0.3, -0.25) is 0 Å². The first-order chi connectivity index (χ1) is 13.5. The van der Waals surface area contributed by atoms with Gasteiger partial charge in [0.15, 0.2) is 11.5 Å². The number of benzene rings is 2. The molecule has 1 saturated heterocycles. The van der Waals surface area contributed by atoms with Crippen LogP contribution in [0.2, 0.25) is 0 Å². The highest BCUT2D eigenvalue weighted by atomic mass is 19.3. The number of hydrogen-bond acceptors (Lipinski definition) is 6. The highest BCUT2D eigenvalue weighted by molar-refractivity contribution is 6.01. The molecule has 3 heterocycles. The second-order valence-corrected chi connectivity index (χ2v) is 7.10. The molecule has 6 nitrogen and oxygen atoms in total. The molecule has 0 aliphatic carbocycles. The molecule has 0 unspecified atom stereocenters. The standard InChI is InChI=1S/C20H19F2N3O3/c21-20(22)27-16-10-14-15(11-17(16)28-20)25-19(6-8-26-9-7-19)18(24-14)23-12-13-4-2-1-3-5-13/h1-5,10-11,25H,6-9,12H2,(H,23,24). The zero-order valence-corrected chi connectivity index (χ0v) is 15.0. The minimum Gasteiger partial charge on any atom is -0.395 e. The molecule has 1 fully saturated rings. The van der Waals surface area contributed by atoms with Crippen LogP contribution in [0.25, 0.3) is 0 Å². The Bertz CT molecular complexity index is 928. The second kappa shape index (κ2) is 6.34. The minimum absolute atomic E-state index is 0.00866. The van der Waals surface area contributed by atoms with E-state index in [4.69, 9.17) is 9.73 Å². The molecule has 3 aliphatic rings. The average molecular weight is 387 g/mol. The van der Waals surface area contributed by atoms with E-state index in [1.165, 1.54) is 12.1 Å². The number of fused-ring (bicyclic) bond motifs is 2. The van der Waals surface area contributed by atoms with Crippen LogP contribution >= 0.6 is 0 Å². The third kappa shape index (κ3) is 3.03. The molecule has 0 amide bonds. The Morgan fingerprint density at radius 2 is 1.75 bits per heavy atom. The van der Waals surface area contributed by atoms with E-state index < -0.39 is 11.8 Å². The van der Waals surface area contributed by atoms with Crippen molar-refractivity contribution < 1.29 is 23.0 Å². The van der Waals surface area contributed by atoms with Crippen molar-refractivity contribution in [2.45, 2.75) is 31.2 Å². The second-order valence-electron chi connectivity index (χ2n) is 7.10. The number of amidine groups is 1. The maximum atomic E-state index is 13.4. The van der Waals surface area contributed by atoms with Gasteiger partial charge in [0.1, 0.15) is 5.84 Å². The number of alkyl halides is 2. The molecular formula is C20H19F2N3O3. The van der Waals surface area contributed by atoms with Gasteiger partial charge in [-0.1, -0.05) is 30.3 Å². The van der Waals surface area contributed by atoms with Crippen molar-refractivity contribution in [1.82, 2.24) is 5.32 Å². The Morgan fingerprint density at radius 3 is 2.50 bits per heavy atom. The molecule has 0 saturated carbocycles. The summed E-state index contributed by atoms with van der Waals surface area (Å²) in [7, 11) is 0.